The van der Waals surface area contributed by atoms with Crippen LogP contribution in [0.25, 0.3) is 0 Å². The zero-order valence-electron chi connectivity index (χ0n) is 13.6. The lowest BCUT2D eigenvalue weighted by Crippen LogP contribution is -2.43. The molecule has 1 fully saturated rings. The third kappa shape index (κ3) is 3.24. The molecule has 3 rings (SSSR count). The Bertz CT molecular complexity index is 478. The topological polar surface area (TPSA) is 24.5 Å². The average molecular weight is 288 g/mol. The molecule has 3 heteroatoms. The third-order valence-electron chi connectivity index (χ3n) is 4.95. The quantitative estimate of drug-likeness (QED) is 0.920. The van der Waals surface area contributed by atoms with Gasteiger partial charge in [-0.05, 0) is 51.8 Å². The first-order valence-electron chi connectivity index (χ1n) is 8.30. The number of nitrogens with one attached hydrogen (secondary N) is 1. The molecule has 0 radical (unpaired) electrons. The standard InChI is InChI=1S/C18H28N2O/c1-14-8-11-20(12-9-14)13-10-19-17-15-6-4-5-7-16(15)21-18(17,2)3/h4-7,14,17,19H,8-13H2,1-3H3. The smallest absolute Gasteiger partial charge is 0.125 e. The SMILES string of the molecule is CC1CCN(CCNC2c3ccccc3OC2(C)C)CC1. The van der Waals surface area contributed by atoms with Gasteiger partial charge in [0.15, 0.2) is 0 Å². The molecule has 3 nitrogen and oxygen atoms in total. The van der Waals surface area contributed by atoms with Crippen molar-refractivity contribution in [2.75, 3.05) is 26.2 Å². The van der Waals surface area contributed by atoms with E-state index in [4.69, 9.17) is 4.74 Å². The molecule has 0 bridgehead atoms. The number of fused-ring (bicyclic) bond motifs is 1. The lowest BCUT2D eigenvalue weighted by atomic mass is 9.94. The van der Waals surface area contributed by atoms with Crippen LogP contribution in [0.3, 0.4) is 0 Å². The molecule has 0 aromatic heterocycles. The van der Waals surface area contributed by atoms with Crippen molar-refractivity contribution in [2.24, 2.45) is 5.92 Å². The zero-order valence-corrected chi connectivity index (χ0v) is 13.6. The van der Waals surface area contributed by atoms with E-state index in [1.165, 1.54) is 31.5 Å². The van der Waals surface area contributed by atoms with Gasteiger partial charge in [0, 0.05) is 18.7 Å². The number of benzene rings is 1. The van der Waals surface area contributed by atoms with Crippen LogP contribution in [0.4, 0.5) is 0 Å². The molecule has 1 aromatic rings. The Morgan fingerprint density at radius 2 is 1.95 bits per heavy atom. The fourth-order valence-electron chi connectivity index (χ4n) is 3.54. The first-order chi connectivity index (χ1) is 10.1. The van der Waals surface area contributed by atoms with E-state index in [9.17, 15) is 0 Å². The molecule has 1 aromatic carbocycles. The van der Waals surface area contributed by atoms with E-state index in [2.05, 4.69) is 49.2 Å². The Morgan fingerprint density at radius 3 is 2.71 bits per heavy atom. The number of ether oxygens (including phenoxy) is 1. The Morgan fingerprint density at radius 1 is 1.24 bits per heavy atom. The van der Waals surface area contributed by atoms with Gasteiger partial charge in [0.1, 0.15) is 11.4 Å². The van der Waals surface area contributed by atoms with Crippen LogP contribution in [-0.4, -0.2) is 36.7 Å². The minimum Gasteiger partial charge on any atom is -0.486 e. The highest BCUT2D eigenvalue weighted by Crippen LogP contribution is 2.42. The summed E-state index contributed by atoms with van der Waals surface area (Å²) in [7, 11) is 0. The highest BCUT2D eigenvalue weighted by Gasteiger charge is 2.40. The summed E-state index contributed by atoms with van der Waals surface area (Å²) in [6.07, 6.45) is 2.70. The molecule has 2 heterocycles. The van der Waals surface area contributed by atoms with Crippen LogP contribution < -0.4 is 10.1 Å². The van der Waals surface area contributed by atoms with Gasteiger partial charge < -0.3 is 15.0 Å². The van der Waals surface area contributed by atoms with Gasteiger partial charge in [-0.15, -0.1) is 0 Å². The van der Waals surface area contributed by atoms with Crippen LogP contribution in [0, 0.1) is 5.92 Å². The molecule has 0 spiro atoms. The number of rotatable bonds is 4. The molecule has 0 saturated carbocycles. The summed E-state index contributed by atoms with van der Waals surface area (Å²) in [5.74, 6) is 1.94. The minimum absolute atomic E-state index is 0.167. The van der Waals surface area contributed by atoms with Crippen molar-refractivity contribution in [2.45, 2.75) is 45.3 Å². The second-order valence-electron chi connectivity index (χ2n) is 7.15. The summed E-state index contributed by atoms with van der Waals surface area (Å²) >= 11 is 0. The largest absolute Gasteiger partial charge is 0.486 e. The monoisotopic (exact) mass is 288 g/mol. The Hall–Kier alpha value is -1.06. The second-order valence-corrected chi connectivity index (χ2v) is 7.15. The van der Waals surface area contributed by atoms with E-state index >= 15 is 0 Å². The van der Waals surface area contributed by atoms with Crippen molar-refractivity contribution in [3.63, 3.8) is 0 Å². The maximum Gasteiger partial charge on any atom is 0.125 e. The summed E-state index contributed by atoms with van der Waals surface area (Å²) in [6.45, 7) is 11.4. The third-order valence-corrected chi connectivity index (χ3v) is 4.95. The molecule has 0 amide bonds. The lowest BCUT2D eigenvalue weighted by Gasteiger charge is -2.32. The predicted molar refractivity (Wildman–Crippen MR) is 86.7 cm³/mol. The van der Waals surface area contributed by atoms with Crippen LogP contribution in [0.2, 0.25) is 0 Å². The van der Waals surface area contributed by atoms with Gasteiger partial charge in [-0.1, -0.05) is 25.1 Å². The van der Waals surface area contributed by atoms with E-state index in [0.29, 0.717) is 0 Å². The number of piperidine rings is 1. The van der Waals surface area contributed by atoms with Crippen molar-refractivity contribution in [3.8, 4) is 5.75 Å². The van der Waals surface area contributed by atoms with Crippen LogP contribution in [-0.2, 0) is 0 Å². The summed E-state index contributed by atoms with van der Waals surface area (Å²) < 4.78 is 6.09. The van der Waals surface area contributed by atoms with Crippen molar-refractivity contribution in [1.82, 2.24) is 10.2 Å². The predicted octanol–water partition coefficient (Wildman–Crippen LogP) is 3.22. The van der Waals surface area contributed by atoms with Crippen molar-refractivity contribution in [3.05, 3.63) is 29.8 Å². The van der Waals surface area contributed by atoms with E-state index < -0.39 is 0 Å². The lowest BCUT2D eigenvalue weighted by molar-refractivity contribution is 0.0937. The molecule has 21 heavy (non-hydrogen) atoms. The number of hydrogen-bond donors (Lipinski definition) is 1. The average Bonchev–Trinajstić information content (AvgIpc) is 2.71. The van der Waals surface area contributed by atoms with Gasteiger partial charge >= 0.3 is 0 Å². The maximum absolute atomic E-state index is 6.09. The summed E-state index contributed by atoms with van der Waals surface area (Å²) in [4.78, 5) is 2.59. The van der Waals surface area contributed by atoms with E-state index in [1.54, 1.807) is 0 Å². The zero-order chi connectivity index (χ0) is 14.9. The molecule has 1 saturated heterocycles. The van der Waals surface area contributed by atoms with E-state index in [-0.39, 0.29) is 11.6 Å². The Balaban J connectivity index is 1.55. The van der Waals surface area contributed by atoms with Crippen LogP contribution in [0.15, 0.2) is 24.3 Å². The molecular weight excluding hydrogens is 260 g/mol. The van der Waals surface area contributed by atoms with Crippen LogP contribution in [0.5, 0.6) is 5.75 Å². The maximum atomic E-state index is 6.09. The summed E-state index contributed by atoms with van der Waals surface area (Å²) in [6, 6.07) is 8.70. The summed E-state index contributed by atoms with van der Waals surface area (Å²) in [5, 5.41) is 3.72. The fraction of sp³-hybridized carbons (Fsp3) is 0.667. The van der Waals surface area contributed by atoms with Gasteiger partial charge in [0.2, 0.25) is 0 Å². The number of likely N-dealkylation sites (tertiary alicyclic amines) is 1. The highest BCUT2D eigenvalue weighted by atomic mass is 16.5. The number of nitrogens with zero attached hydrogens (tertiary/aromatic N) is 1. The second kappa shape index (κ2) is 5.98. The Labute approximate surface area is 128 Å². The van der Waals surface area contributed by atoms with Crippen molar-refractivity contribution in [1.29, 1.82) is 0 Å². The van der Waals surface area contributed by atoms with E-state index in [0.717, 1.165) is 24.8 Å². The van der Waals surface area contributed by atoms with Crippen molar-refractivity contribution < 1.29 is 4.74 Å². The molecule has 2 aliphatic heterocycles. The molecular formula is C18H28N2O. The van der Waals surface area contributed by atoms with E-state index in [1.807, 2.05) is 6.07 Å². The summed E-state index contributed by atoms with van der Waals surface area (Å²) in [5.41, 5.74) is 1.13. The first kappa shape index (κ1) is 14.9. The molecule has 2 aliphatic rings. The Kier molecular flexibility index (Phi) is 4.23. The van der Waals surface area contributed by atoms with Crippen LogP contribution >= 0.6 is 0 Å². The molecule has 116 valence electrons. The van der Waals surface area contributed by atoms with Gasteiger partial charge in [0.05, 0.1) is 6.04 Å². The fourth-order valence-corrected chi connectivity index (χ4v) is 3.54. The van der Waals surface area contributed by atoms with Crippen molar-refractivity contribution >= 4 is 0 Å². The minimum atomic E-state index is -0.167. The first-order valence-corrected chi connectivity index (χ1v) is 8.30. The molecule has 1 atom stereocenters. The molecule has 1 unspecified atom stereocenters. The van der Waals surface area contributed by atoms with Gasteiger partial charge in [-0.25, -0.2) is 0 Å². The van der Waals surface area contributed by atoms with Crippen LogP contribution in [0.1, 0.15) is 45.2 Å². The number of hydrogen-bond acceptors (Lipinski definition) is 3. The molecule has 1 N–H and O–H groups in total. The number of para-hydroxylation sites is 1. The normalized spacial score (nSPS) is 25.6. The van der Waals surface area contributed by atoms with Gasteiger partial charge in [0.25, 0.3) is 0 Å². The highest BCUT2D eigenvalue weighted by molar-refractivity contribution is 5.42. The molecule has 0 aliphatic carbocycles. The van der Waals surface area contributed by atoms with Gasteiger partial charge in [-0.3, -0.25) is 0 Å². The van der Waals surface area contributed by atoms with Gasteiger partial charge in [-0.2, -0.15) is 0 Å².